The van der Waals surface area contributed by atoms with Crippen LogP contribution in [0.2, 0.25) is 0 Å². The molecule has 16 heavy (non-hydrogen) atoms. The Morgan fingerprint density at radius 1 is 1.38 bits per heavy atom. The summed E-state index contributed by atoms with van der Waals surface area (Å²) in [6.45, 7) is 2.85. The Morgan fingerprint density at radius 3 is 2.94 bits per heavy atom. The molecule has 0 unspecified atom stereocenters. The van der Waals surface area contributed by atoms with Crippen LogP contribution in [0.15, 0.2) is 35.2 Å². The maximum Gasteiger partial charge on any atom is 0.163 e. The van der Waals surface area contributed by atoms with Gasteiger partial charge >= 0.3 is 0 Å². The van der Waals surface area contributed by atoms with Gasteiger partial charge in [0.2, 0.25) is 0 Å². The highest BCUT2D eigenvalue weighted by Gasteiger charge is 2.05. The van der Waals surface area contributed by atoms with Gasteiger partial charge in [0.1, 0.15) is 5.82 Å². The van der Waals surface area contributed by atoms with Gasteiger partial charge in [-0.15, -0.1) is 0 Å². The molecule has 0 spiro atoms. The molecule has 2 aromatic rings. The second kappa shape index (κ2) is 5.03. The molecule has 82 valence electrons. The first-order valence-corrected chi connectivity index (χ1v) is 5.77. The molecule has 4 nitrogen and oxygen atoms in total. The van der Waals surface area contributed by atoms with Crippen LogP contribution in [0.3, 0.4) is 0 Å². The lowest BCUT2D eigenvalue weighted by atomic mass is 10.3. The fraction of sp³-hybridized carbons (Fsp3) is 0.182. The average molecular weight is 279 g/mol. The van der Waals surface area contributed by atoms with Crippen LogP contribution in [0.5, 0.6) is 0 Å². The number of hydrogen-bond donors (Lipinski definition) is 1. The molecule has 0 aliphatic rings. The van der Waals surface area contributed by atoms with Gasteiger partial charge < -0.3 is 5.32 Å². The second-order valence-corrected chi connectivity index (χ2v) is 4.02. The van der Waals surface area contributed by atoms with E-state index in [1.807, 2.05) is 19.1 Å². The summed E-state index contributed by atoms with van der Waals surface area (Å²) < 4.78 is 0.863. The molecule has 0 saturated carbocycles. The first kappa shape index (κ1) is 11.0. The zero-order chi connectivity index (χ0) is 11.4. The second-order valence-electron chi connectivity index (χ2n) is 3.16. The monoisotopic (exact) mass is 278 g/mol. The topological polar surface area (TPSA) is 50.7 Å². The van der Waals surface area contributed by atoms with Gasteiger partial charge in [0.05, 0.1) is 4.47 Å². The maximum atomic E-state index is 4.42. The predicted octanol–water partition coefficient (Wildman–Crippen LogP) is 2.73. The summed E-state index contributed by atoms with van der Waals surface area (Å²) in [6.07, 6.45) is 5.22. The highest BCUT2D eigenvalue weighted by Crippen LogP contribution is 2.22. The maximum absolute atomic E-state index is 4.42. The van der Waals surface area contributed by atoms with Crippen molar-refractivity contribution in [2.45, 2.75) is 6.92 Å². The number of nitrogens with zero attached hydrogens (tertiary/aromatic N) is 3. The quantitative estimate of drug-likeness (QED) is 0.938. The minimum atomic E-state index is 0.673. The van der Waals surface area contributed by atoms with E-state index in [4.69, 9.17) is 0 Å². The SMILES string of the molecule is CCNc1nc(-c2cccnc2)ncc1Br. The van der Waals surface area contributed by atoms with Gasteiger partial charge in [0, 0.05) is 30.7 Å². The highest BCUT2D eigenvalue weighted by atomic mass is 79.9. The summed E-state index contributed by atoms with van der Waals surface area (Å²) in [4.78, 5) is 12.7. The van der Waals surface area contributed by atoms with E-state index in [1.54, 1.807) is 18.6 Å². The lowest BCUT2D eigenvalue weighted by Crippen LogP contribution is -2.02. The van der Waals surface area contributed by atoms with E-state index in [0.29, 0.717) is 5.82 Å². The molecule has 2 aromatic heterocycles. The first-order chi connectivity index (χ1) is 7.81. The largest absolute Gasteiger partial charge is 0.369 e. The number of hydrogen-bond acceptors (Lipinski definition) is 4. The molecule has 0 bridgehead atoms. The summed E-state index contributed by atoms with van der Waals surface area (Å²) >= 11 is 3.40. The lowest BCUT2D eigenvalue weighted by Gasteiger charge is -2.06. The van der Waals surface area contributed by atoms with Gasteiger partial charge in [-0.05, 0) is 35.0 Å². The van der Waals surface area contributed by atoms with Crippen LogP contribution < -0.4 is 5.32 Å². The van der Waals surface area contributed by atoms with Crippen molar-refractivity contribution >= 4 is 21.7 Å². The van der Waals surface area contributed by atoms with E-state index in [-0.39, 0.29) is 0 Å². The molecule has 0 amide bonds. The third-order valence-corrected chi connectivity index (χ3v) is 2.59. The highest BCUT2D eigenvalue weighted by molar-refractivity contribution is 9.10. The molecular weight excluding hydrogens is 268 g/mol. The lowest BCUT2D eigenvalue weighted by molar-refractivity contribution is 1.10. The van der Waals surface area contributed by atoms with Gasteiger partial charge in [-0.1, -0.05) is 0 Å². The van der Waals surface area contributed by atoms with Crippen LogP contribution in [0.1, 0.15) is 6.92 Å². The van der Waals surface area contributed by atoms with Crippen LogP contribution in [0.25, 0.3) is 11.4 Å². The van der Waals surface area contributed by atoms with Gasteiger partial charge in [-0.2, -0.15) is 0 Å². The molecule has 0 aliphatic heterocycles. The van der Waals surface area contributed by atoms with Gasteiger partial charge in [-0.3, -0.25) is 4.98 Å². The normalized spacial score (nSPS) is 10.1. The van der Waals surface area contributed by atoms with E-state index in [2.05, 4.69) is 36.2 Å². The van der Waals surface area contributed by atoms with Gasteiger partial charge in [-0.25, -0.2) is 9.97 Å². The minimum absolute atomic E-state index is 0.673. The van der Waals surface area contributed by atoms with E-state index in [9.17, 15) is 0 Å². The Kier molecular flexibility index (Phi) is 3.46. The van der Waals surface area contributed by atoms with Gasteiger partial charge in [0.25, 0.3) is 0 Å². The summed E-state index contributed by atoms with van der Waals surface area (Å²) in [5.41, 5.74) is 0.911. The number of rotatable bonds is 3. The standard InChI is InChI=1S/C11H11BrN4/c1-2-14-11-9(12)7-15-10(16-11)8-4-3-5-13-6-8/h3-7H,2H2,1H3,(H,14,15,16). The molecule has 1 N–H and O–H groups in total. The molecular formula is C11H11BrN4. The van der Waals surface area contributed by atoms with Crippen molar-refractivity contribution in [3.8, 4) is 11.4 Å². The molecule has 0 aliphatic carbocycles. The Bertz CT molecular complexity index is 473. The fourth-order valence-corrected chi connectivity index (χ4v) is 1.62. The molecule has 0 aromatic carbocycles. The van der Waals surface area contributed by atoms with Crippen molar-refractivity contribution in [3.05, 3.63) is 35.2 Å². The molecule has 0 radical (unpaired) electrons. The van der Waals surface area contributed by atoms with Crippen LogP contribution >= 0.6 is 15.9 Å². The molecule has 2 heterocycles. The van der Waals surface area contributed by atoms with Crippen LogP contribution in [0, 0.1) is 0 Å². The smallest absolute Gasteiger partial charge is 0.163 e. The summed E-state index contributed by atoms with van der Waals surface area (Å²) in [5, 5.41) is 3.17. The van der Waals surface area contributed by atoms with E-state index < -0.39 is 0 Å². The molecule has 5 heteroatoms. The van der Waals surface area contributed by atoms with Crippen molar-refractivity contribution < 1.29 is 0 Å². The summed E-state index contributed by atoms with van der Waals surface area (Å²) in [7, 11) is 0. The number of pyridine rings is 1. The van der Waals surface area contributed by atoms with Crippen molar-refractivity contribution in [2.75, 3.05) is 11.9 Å². The minimum Gasteiger partial charge on any atom is -0.369 e. The molecule has 0 fully saturated rings. The van der Waals surface area contributed by atoms with Crippen molar-refractivity contribution in [3.63, 3.8) is 0 Å². The van der Waals surface area contributed by atoms with Crippen LogP contribution in [-0.2, 0) is 0 Å². The first-order valence-electron chi connectivity index (χ1n) is 4.98. The Balaban J connectivity index is 2.40. The zero-order valence-corrected chi connectivity index (χ0v) is 10.4. The zero-order valence-electron chi connectivity index (χ0n) is 8.81. The van der Waals surface area contributed by atoms with Crippen molar-refractivity contribution in [2.24, 2.45) is 0 Å². The average Bonchev–Trinajstić information content (AvgIpc) is 2.33. The number of aromatic nitrogens is 3. The van der Waals surface area contributed by atoms with Crippen molar-refractivity contribution in [1.29, 1.82) is 0 Å². The van der Waals surface area contributed by atoms with E-state index in [1.165, 1.54) is 0 Å². The Labute approximate surface area is 102 Å². The van der Waals surface area contributed by atoms with Gasteiger partial charge in [0.15, 0.2) is 5.82 Å². The van der Waals surface area contributed by atoms with E-state index >= 15 is 0 Å². The predicted molar refractivity (Wildman–Crippen MR) is 67.1 cm³/mol. The number of nitrogens with one attached hydrogen (secondary N) is 1. The third kappa shape index (κ3) is 2.36. The third-order valence-electron chi connectivity index (χ3n) is 2.01. The Morgan fingerprint density at radius 2 is 2.25 bits per heavy atom. The molecule has 2 rings (SSSR count). The molecule has 0 atom stereocenters. The number of anilines is 1. The number of halogens is 1. The molecule has 0 saturated heterocycles. The van der Waals surface area contributed by atoms with Crippen molar-refractivity contribution in [1.82, 2.24) is 15.0 Å². The van der Waals surface area contributed by atoms with Crippen LogP contribution in [-0.4, -0.2) is 21.5 Å². The Hall–Kier alpha value is -1.49. The fourth-order valence-electron chi connectivity index (χ4n) is 1.29. The van der Waals surface area contributed by atoms with E-state index in [0.717, 1.165) is 22.4 Å². The summed E-state index contributed by atoms with van der Waals surface area (Å²) in [5.74, 6) is 1.48. The summed E-state index contributed by atoms with van der Waals surface area (Å²) in [6, 6.07) is 3.81. The van der Waals surface area contributed by atoms with Crippen LogP contribution in [0.4, 0.5) is 5.82 Å².